The van der Waals surface area contributed by atoms with E-state index in [9.17, 15) is 4.79 Å². The van der Waals surface area contributed by atoms with Gasteiger partial charge in [0.15, 0.2) is 0 Å². The number of hydrogen-bond donors (Lipinski definition) is 0. The molecular formula is C9H11N3O. The van der Waals surface area contributed by atoms with Crippen molar-refractivity contribution in [2.45, 2.75) is 0 Å². The molecule has 0 aromatic carbocycles. The Kier molecular flexibility index (Phi) is 1.88. The third-order valence-electron chi connectivity index (χ3n) is 2.19. The van der Waals surface area contributed by atoms with Crippen molar-refractivity contribution in [1.29, 1.82) is 0 Å². The zero-order valence-corrected chi connectivity index (χ0v) is 7.47. The van der Waals surface area contributed by atoms with E-state index in [0.717, 1.165) is 18.8 Å². The van der Waals surface area contributed by atoms with Gasteiger partial charge in [-0.3, -0.25) is 9.88 Å². The summed E-state index contributed by atoms with van der Waals surface area (Å²) in [5.41, 5.74) is 0.921. The Morgan fingerprint density at radius 3 is 2.54 bits per heavy atom. The molecule has 0 bridgehead atoms. The average Bonchev–Trinajstić information content (AvgIpc) is 2.49. The molecule has 68 valence electrons. The van der Waals surface area contributed by atoms with Crippen LogP contribution >= 0.6 is 0 Å². The van der Waals surface area contributed by atoms with Gasteiger partial charge in [-0.1, -0.05) is 0 Å². The van der Waals surface area contributed by atoms with Gasteiger partial charge in [-0.05, 0) is 12.1 Å². The van der Waals surface area contributed by atoms with E-state index in [2.05, 4.69) is 4.98 Å². The first-order valence-corrected chi connectivity index (χ1v) is 4.22. The molecule has 13 heavy (non-hydrogen) atoms. The first kappa shape index (κ1) is 8.04. The van der Waals surface area contributed by atoms with Gasteiger partial charge in [0.05, 0.1) is 0 Å². The number of nitrogens with zero attached hydrogens (tertiary/aromatic N) is 3. The molecule has 0 spiro atoms. The molecule has 1 aromatic rings. The molecule has 0 N–H and O–H groups in total. The SMILES string of the molecule is CN1CCN(c2ccncc2)C1=O. The van der Waals surface area contributed by atoms with Crippen molar-refractivity contribution < 1.29 is 4.79 Å². The lowest BCUT2D eigenvalue weighted by Crippen LogP contribution is -2.29. The summed E-state index contributed by atoms with van der Waals surface area (Å²) in [6.45, 7) is 1.56. The standard InChI is InChI=1S/C9H11N3O/c1-11-6-7-12(9(11)13)8-2-4-10-5-3-8/h2-5H,6-7H2,1H3. The largest absolute Gasteiger partial charge is 0.326 e. The topological polar surface area (TPSA) is 36.4 Å². The molecule has 1 aromatic heterocycles. The number of carbonyl (C=O) groups excluding carboxylic acids is 1. The number of anilines is 1. The Balaban J connectivity index is 2.24. The van der Waals surface area contributed by atoms with Gasteiger partial charge in [-0.15, -0.1) is 0 Å². The normalized spacial score (nSPS) is 16.8. The summed E-state index contributed by atoms with van der Waals surface area (Å²) in [6.07, 6.45) is 3.39. The fourth-order valence-electron chi connectivity index (χ4n) is 1.41. The minimum atomic E-state index is 0.0613. The monoisotopic (exact) mass is 177 g/mol. The molecule has 0 saturated carbocycles. The smallest absolute Gasteiger partial charge is 0.324 e. The average molecular weight is 177 g/mol. The Morgan fingerprint density at radius 2 is 2.00 bits per heavy atom. The van der Waals surface area contributed by atoms with Crippen LogP contribution in [0.4, 0.5) is 10.5 Å². The zero-order chi connectivity index (χ0) is 9.26. The fraction of sp³-hybridized carbons (Fsp3) is 0.333. The maximum Gasteiger partial charge on any atom is 0.324 e. The predicted molar refractivity (Wildman–Crippen MR) is 49.6 cm³/mol. The van der Waals surface area contributed by atoms with Crippen LogP contribution in [0.3, 0.4) is 0 Å². The minimum absolute atomic E-state index is 0.0613. The quantitative estimate of drug-likeness (QED) is 0.640. The van der Waals surface area contributed by atoms with Gasteiger partial charge in [-0.25, -0.2) is 4.79 Å². The van der Waals surface area contributed by atoms with E-state index in [4.69, 9.17) is 0 Å². The first-order valence-electron chi connectivity index (χ1n) is 4.22. The third-order valence-corrected chi connectivity index (χ3v) is 2.19. The van der Waals surface area contributed by atoms with Gasteiger partial charge >= 0.3 is 6.03 Å². The number of hydrogen-bond acceptors (Lipinski definition) is 2. The van der Waals surface area contributed by atoms with Crippen LogP contribution in [-0.2, 0) is 0 Å². The van der Waals surface area contributed by atoms with Crippen LogP contribution in [0.2, 0.25) is 0 Å². The molecule has 0 radical (unpaired) electrons. The van der Waals surface area contributed by atoms with Crippen molar-refractivity contribution >= 4 is 11.7 Å². The molecule has 4 heteroatoms. The first-order chi connectivity index (χ1) is 6.29. The maximum atomic E-state index is 11.5. The van der Waals surface area contributed by atoms with E-state index < -0.39 is 0 Å². The summed E-state index contributed by atoms with van der Waals surface area (Å²) in [7, 11) is 1.81. The Morgan fingerprint density at radius 1 is 1.31 bits per heavy atom. The Bertz CT molecular complexity index is 312. The van der Waals surface area contributed by atoms with E-state index >= 15 is 0 Å². The lowest BCUT2D eigenvalue weighted by Gasteiger charge is -2.15. The molecule has 0 atom stereocenters. The third kappa shape index (κ3) is 1.35. The number of urea groups is 1. The highest BCUT2D eigenvalue weighted by atomic mass is 16.2. The molecule has 1 fully saturated rings. The zero-order valence-electron chi connectivity index (χ0n) is 7.47. The second-order valence-corrected chi connectivity index (χ2v) is 3.06. The molecular weight excluding hydrogens is 166 g/mol. The number of likely N-dealkylation sites (N-methyl/N-ethyl adjacent to an activating group) is 1. The van der Waals surface area contributed by atoms with Crippen LogP contribution in [0.25, 0.3) is 0 Å². The van der Waals surface area contributed by atoms with Gasteiger partial charge in [0.25, 0.3) is 0 Å². The highest BCUT2D eigenvalue weighted by Gasteiger charge is 2.25. The molecule has 0 unspecified atom stereocenters. The molecule has 1 aliphatic rings. The van der Waals surface area contributed by atoms with Crippen molar-refractivity contribution in [2.75, 3.05) is 25.0 Å². The van der Waals surface area contributed by atoms with E-state index in [1.165, 1.54) is 0 Å². The Hall–Kier alpha value is -1.58. The molecule has 4 nitrogen and oxygen atoms in total. The van der Waals surface area contributed by atoms with Crippen molar-refractivity contribution in [1.82, 2.24) is 9.88 Å². The number of carbonyl (C=O) groups is 1. The second-order valence-electron chi connectivity index (χ2n) is 3.06. The van der Waals surface area contributed by atoms with Crippen LogP contribution in [-0.4, -0.2) is 36.1 Å². The summed E-state index contributed by atoms with van der Waals surface area (Å²) in [5, 5.41) is 0. The van der Waals surface area contributed by atoms with Gasteiger partial charge in [-0.2, -0.15) is 0 Å². The molecule has 1 aliphatic heterocycles. The van der Waals surface area contributed by atoms with Gasteiger partial charge in [0.2, 0.25) is 0 Å². The maximum absolute atomic E-state index is 11.5. The minimum Gasteiger partial charge on any atom is -0.326 e. The predicted octanol–water partition coefficient (Wildman–Crippen LogP) is 0.953. The summed E-state index contributed by atoms with van der Waals surface area (Å²) < 4.78 is 0. The molecule has 0 aliphatic carbocycles. The van der Waals surface area contributed by atoms with E-state index in [-0.39, 0.29) is 6.03 Å². The highest BCUT2D eigenvalue weighted by molar-refractivity contribution is 5.93. The van der Waals surface area contributed by atoms with E-state index in [1.807, 2.05) is 19.2 Å². The number of amides is 2. The highest BCUT2D eigenvalue weighted by Crippen LogP contribution is 2.17. The summed E-state index contributed by atoms with van der Waals surface area (Å²) in [6, 6.07) is 3.75. The van der Waals surface area contributed by atoms with E-state index in [1.54, 1.807) is 22.2 Å². The van der Waals surface area contributed by atoms with Gasteiger partial charge in [0.1, 0.15) is 0 Å². The molecule has 2 amide bonds. The van der Waals surface area contributed by atoms with Crippen molar-refractivity contribution in [3.8, 4) is 0 Å². The Labute approximate surface area is 76.8 Å². The molecule has 2 rings (SSSR count). The van der Waals surface area contributed by atoms with Crippen molar-refractivity contribution in [3.05, 3.63) is 24.5 Å². The number of rotatable bonds is 1. The number of pyridine rings is 1. The van der Waals surface area contributed by atoms with E-state index in [0.29, 0.717) is 0 Å². The van der Waals surface area contributed by atoms with Crippen molar-refractivity contribution in [3.63, 3.8) is 0 Å². The van der Waals surface area contributed by atoms with Gasteiger partial charge < -0.3 is 4.90 Å². The van der Waals surface area contributed by atoms with Crippen LogP contribution in [0, 0.1) is 0 Å². The molecule has 1 saturated heterocycles. The van der Waals surface area contributed by atoms with Crippen LogP contribution in [0.1, 0.15) is 0 Å². The van der Waals surface area contributed by atoms with Crippen molar-refractivity contribution in [2.24, 2.45) is 0 Å². The fourth-order valence-corrected chi connectivity index (χ4v) is 1.41. The van der Waals surface area contributed by atoms with Crippen LogP contribution < -0.4 is 4.90 Å². The summed E-state index contributed by atoms with van der Waals surface area (Å²) in [5.74, 6) is 0. The number of aromatic nitrogens is 1. The lowest BCUT2D eigenvalue weighted by molar-refractivity contribution is 0.229. The van der Waals surface area contributed by atoms with Gasteiger partial charge in [0, 0.05) is 38.2 Å². The lowest BCUT2D eigenvalue weighted by atomic mass is 10.4. The van der Waals surface area contributed by atoms with Crippen LogP contribution in [0.15, 0.2) is 24.5 Å². The summed E-state index contributed by atoms with van der Waals surface area (Å²) >= 11 is 0. The molecule has 2 heterocycles. The van der Waals surface area contributed by atoms with Crippen LogP contribution in [0.5, 0.6) is 0 Å². The second kappa shape index (κ2) is 3.05. The summed E-state index contributed by atoms with van der Waals surface area (Å²) in [4.78, 5) is 18.9.